The quantitative estimate of drug-likeness (QED) is 0.719. The maximum Gasteiger partial charge on any atom is 0.537 e. The minimum atomic E-state index is -2.67. The first-order valence-electron chi connectivity index (χ1n) is 8.17. The Labute approximate surface area is 141 Å². The van der Waals surface area contributed by atoms with Crippen LogP contribution in [0.25, 0.3) is 0 Å². The molecule has 4 heteroatoms. The molecule has 0 amide bonds. The van der Waals surface area contributed by atoms with Crippen LogP contribution in [0.4, 0.5) is 0 Å². The third-order valence-corrected chi connectivity index (χ3v) is 6.12. The fraction of sp³-hybridized carbons (Fsp3) is 0.368. The maximum atomic E-state index is 5.79. The van der Waals surface area contributed by atoms with Gasteiger partial charge in [0, 0.05) is 25.0 Å². The lowest BCUT2D eigenvalue weighted by molar-refractivity contribution is 0.0859. The molecule has 2 rings (SSSR count). The Balaban J connectivity index is 0.000000313. The van der Waals surface area contributed by atoms with Crippen molar-refractivity contribution in [1.29, 1.82) is 0 Å². The van der Waals surface area contributed by atoms with Crippen molar-refractivity contribution in [2.24, 2.45) is 0 Å². The zero-order valence-electron chi connectivity index (χ0n) is 14.6. The van der Waals surface area contributed by atoms with Crippen molar-refractivity contribution in [1.82, 2.24) is 0 Å². The Morgan fingerprint density at radius 3 is 1.35 bits per heavy atom. The van der Waals surface area contributed by atoms with Gasteiger partial charge in [-0.1, -0.05) is 66.2 Å². The highest BCUT2D eigenvalue weighted by molar-refractivity contribution is 6.75. The summed E-state index contributed by atoms with van der Waals surface area (Å²) in [6.45, 7) is 9.76. The molecule has 126 valence electrons. The van der Waals surface area contributed by atoms with E-state index >= 15 is 0 Å². The summed E-state index contributed by atoms with van der Waals surface area (Å²) in [6.07, 6.45) is 0. The number of hydrogen-bond acceptors (Lipinski definition) is 3. The Morgan fingerprint density at radius 2 is 1.04 bits per heavy atom. The number of benzene rings is 2. The zero-order chi connectivity index (χ0) is 17.0. The number of rotatable bonds is 7. The van der Waals surface area contributed by atoms with Gasteiger partial charge < -0.3 is 13.3 Å². The van der Waals surface area contributed by atoms with Crippen molar-refractivity contribution in [3.05, 3.63) is 66.2 Å². The van der Waals surface area contributed by atoms with Gasteiger partial charge in [-0.05, 0) is 27.7 Å². The van der Waals surface area contributed by atoms with Gasteiger partial charge in [0.15, 0.2) is 0 Å². The normalized spacial score (nSPS) is 10.8. The summed E-state index contributed by atoms with van der Waals surface area (Å²) in [5, 5.41) is 1.03. The van der Waals surface area contributed by atoms with E-state index in [0.717, 1.165) is 5.19 Å². The summed E-state index contributed by atoms with van der Waals surface area (Å²) >= 11 is 0. The van der Waals surface area contributed by atoms with Crippen LogP contribution in [0.2, 0.25) is 0 Å². The van der Waals surface area contributed by atoms with Crippen molar-refractivity contribution in [2.75, 3.05) is 19.8 Å². The van der Waals surface area contributed by atoms with E-state index in [1.54, 1.807) is 0 Å². The van der Waals surface area contributed by atoms with E-state index in [1.807, 2.05) is 69.3 Å². The smallest absolute Gasteiger partial charge is 0.370 e. The van der Waals surface area contributed by atoms with Crippen LogP contribution in [0, 0.1) is 6.92 Å². The van der Waals surface area contributed by atoms with Crippen LogP contribution in [0.1, 0.15) is 26.3 Å². The largest absolute Gasteiger partial charge is 0.537 e. The highest BCUT2D eigenvalue weighted by Gasteiger charge is 2.42. The minimum Gasteiger partial charge on any atom is -0.370 e. The van der Waals surface area contributed by atoms with Crippen LogP contribution in [-0.4, -0.2) is 28.6 Å². The first-order valence-corrected chi connectivity index (χ1v) is 9.90. The van der Waals surface area contributed by atoms with E-state index in [4.69, 9.17) is 13.3 Å². The van der Waals surface area contributed by atoms with Crippen molar-refractivity contribution < 1.29 is 13.3 Å². The molecular weight excluding hydrogens is 304 g/mol. The predicted octanol–water partition coefficient (Wildman–Crippen LogP) is 3.94. The van der Waals surface area contributed by atoms with E-state index in [2.05, 4.69) is 19.1 Å². The monoisotopic (exact) mass is 332 g/mol. The van der Waals surface area contributed by atoms with Crippen LogP contribution in [0.3, 0.4) is 0 Å². The van der Waals surface area contributed by atoms with Gasteiger partial charge in [0.2, 0.25) is 0 Å². The molecule has 0 N–H and O–H groups in total. The van der Waals surface area contributed by atoms with E-state index < -0.39 is 8.80 Å². The van der Waals surface area contributed by atoms with Gasteiger partial charge in [-0.2, -0.15) is 0 Å². The standard InChI is InChI=1S/C12H20O3Si.C7H8/c1-4-13-16(14-5-2,15-6-3)12-10-8-7-9-11-12;1-7-5-3-2-4-6-7/h7-11H,4-6H2,1-3H3;2-6H,1H3. The lowest BCUT2D eigenvalue weighted by Crippen LogP contribution is -2.56. The molecule has 0 atom stereocenters. The molecule has 0 radical (unpaired) electrons. The fourth-order valence-electron chi connectivity index (χ4n) is 2.12. The Hall–Kier alpha value is -1.46. The molecule has 23 heavy (non-hydrogen) atoms. The highest BCUT2D eigenvalue weighted by atomic mass is 28.4. The molecule has 0 unspecified atom stereocenters. The topological polar surface area (TPSA) is 27.7 Å². The maximum absolute atomic E-state index is 5.79. The van der Waals surface area contributed by atoms with Gasteiger partial charge in [0.25, 0.3) is 0 Å². The second kappa shape index (κ2) is 11.1. The molecule has 2 aromatic carbocycles. The van der Waals surface area contributed by atoms with Crippen LogP contribution < -0.4 is 5.19 Å². The van der Waals surface area contributed by atoms with Crippen LogP contribution in [0.15, 0.2) is 60.7 Å². The molecule has 0 saturated heterocycles. The van der Waals surface area contributed by atoms with Crippen LogP contribution >= 0.6 is 0 Å². The van der Waals surface area contributed by atoms with Gasteiger partial charge >= 0.3 is 8.80 Å². The van der Waals surface area contributed by atoms with Crippen molar-refractivity contribution in [3.8, 4) is 0 Å². The van der Waals surface area contributed by atoms with Gasteiger partial charge in [-0.3, -0.25) is 0 Å². The van der Waals surface area contributed by atoms with Gasteiger partial charge in [0.05, 0.1) is 0 Å². The average molecular weight is 333 g/mol. The summed E-state index contributed by atoms with van der Waals surface area (Å²) in [5.74, 6) is 0. The summed E-state index contributed by atoms with van der Waals surface area (Å²) in [4.78, 5) is 0. The number of aryl methyl sites for hydroxylation is 1. The molecule has 0 heterocycles. The summed E-state index contributed by atoms with van der Waals surface area (Å²) < 4.78 is 17.4. The van der Waals surface area contributed by atoms with Crippen molar-refractivity contribution in [3.63, 3.8) is 0 Å². The molecule has 3 nitrogen and oxygen atoms in total. The second-order valence-corrected chi connectivity index (χ2v) is 7.43. The summed E-state index contributed by atoms with van der Waals surface area (Å²) in [7, 11) is -2.67. The lowest BCUT2D eigenvalue weighted by Gasteiger charge is -2.28. The van der Waals surface area contributed by atoms with Gasteiger partial charge in [-0.25, -0.2) is 0 Å². The molecule has 2 aromatic rings. The average Bonchev–Trinajstić information content (AvgIpc) is 2.58. The molecule has 0 fully saturated rings. The molecule has 0 aliphatic rings. The fourth-order valence-corrected chi connectivity index (χ4v) is 4.61. The molecule has 0 saturated carbocycles. The Kier molecular flexibility index (Phi) is 9.48. The molecule has 0 aliphatic heterocycles. The molecule has 0 aromatic heterocycles. The zero-order valence-corrected chi connectivity index (χ0v) is 15.6. The van der Waals surface area contributed by atoms with Gasteiger partial charge in [-0.15, -0.1) is 0 Å². The summed E-state index contributed by atoms with van der Waals surface area (Å²) in [5.41, 5.74) is 1.32. The van der Waals surface area contributed by atoms with Crippen LogP contribution in [-0.2, 0) is 13.3 Å². The van der Waals surface area contributed by atoms with Crippen molar-refractivity contribution >= 4 is 14.0 Å². The lowest BCUT2D eigenvalue weighted by atomic mass is 10.2. The molecular formula is C19H28O3Si. The second-order valence-electron chi connectivity index (χ2n) is 4.88. The van der Waals surface area contributed by atoms with E-state index in [1.165, 1.54) is 5.56 Å². The van der Waals surface area contributed by atoms with E-state index in [-0.39, 0.29) is 0 Å². The molecule has 0 aliphatic carbocycles. The summed E-state index contributed by atoms with van der Waals surface area (Å²) in [6, 6.07) is 20.2. The first kappa shape index (κ1) is 19.6. The minimum absolute atomic E-state index is 0.598. The van der Waals surface area contributed by atoms with E-state index in [0.29, 0.717) is 19.8 Å². The van der Waals surface area contributed by atoms with Gasteiger partial charge in [0.1, 0.15) is 0 Å². The SMILES string of the molecule is CCO[Si](OCC)(OCC)c1ccccc1.Cc1ccccc1. The Bertz CT molecular complexity index is 500. The predicted molar refractivity (Wildman–Crippen MR) is 97.9 cm³/mol. The van der Waals surface area contributed by atoms with Crippen molar-refractivity contribution in [2.45, 2.75) is 27.7 Å². The number of hydrogen-bond donors (Lipinski definition) is 0. The third-order valence-electron chi connectivity index (χ3n) is 3.07. The molecule has 0 bridgehead atoms. The molecule has 0 spiro atoms. The Morgan fingerprint density at radius 1 is 0.652 bits per heavy atom. The highest BCUT2D eigenvalue weighted by Crippen LogP contribution is 2.10. The third kappa shape index (κ3) is 6.67. The first-order chi connectivity index (χ1) is 11.2. The van der Waals surface area contributed by atoms with Crippen LogP contribution in [0.5, 0.6) is 0 Å². The van der Waals surface area contributed by atoms with E-state index in [9.17, 15) is 0 Å².